The highest BCUT2D eigenvalue weighted by Crippen LogP contribution is 2.32. The molecule has 0 bridgehead atoms. The summed E-state index contributed by atoms with van der Waals surface area (Å²) < 4.78 is 3.54. The van der Waals surface area contributed by atoms with E-state index in [1.807, 2.05) is 0 Å². The molecule has 9 heteroatoms. The Hall–Kier alpha value is -1.77. The van der Waals surface area contributed by atoms with Crippen LogP contribution in [0.1, 0.15) is 40.0 Å². The highest BCUT2D eigenvalue weighted by molar-refractivity contribution is 7.09. The van der Waals surface area contributed by atoms with E-state index in [9.17, 15) is 9.59 Å². The molecule has 1 unspecified atom stereocenters. The summed E-state index contributed by atoms with van der Waals surface area (Å²) in [4.78, 5) is 22.3. The van der Waals surface area contributed by atoms with Crippen LogP contribution in [0, 0.1) is 11.3 Å². The Kier molecular flexibility index (Phi) is 6.47. The number of aliphatic carboxylic acids is 1. The third-order valence-electron chi connectivity index (χ3n) is 3.23. The topological polar surface area (TPSA) is 117 Å². The molecule has 1 aromatic rings. The molecule has 3 N–H and O–H groups in total. The Labute approximate surface area is 127 Å². The molecule has 0 saturated carbocycles. The van der Waals surface area contributed by atoms with Crippen molar-refractivity contribution in [3.63, 3.8) is 0 Å². The fourth-order valence-electron chi connectivity index (χ4n) is 1.99. The molecule has 1 heterocycles. The molecule has 0 saturated heterocycles. The van der Waals surface area contributed by atoms with Gasteiger partial charge in [-0.2, -0.15) is 0 Å². The summed E-state index contributed by atoms with van der Waals surface area (Å²) in [7, 11) is 0. The minimum absolute atomic E-state index is 0.00322. The van der Waals surface area contributed by atoms with E-state index in [1.165, 1.54) is 0 Å². The minimum atomic E-state index is -0.793. The molecule has 118 valence electrons. The van der Waals surface area contributed by atoms with Crippen LogP contribution in [0.5, 0.6) is 0 Å². The molecule has 1 rings (SSSR count). The maximum Gasteiger partial charge on any atom is 0.321 e. The normalized spacial score (nSPS) is 12.7. The lowest BCUT2D eigenvalue weighted by Crippen LogP contribution is -2.32. The third-order valence-corrected chi connectivity index (χ3v) is 3.74. The van der Waals surface area contributed by atoms with Crippen LogP contribution in [0.4, 0.5) is 9.93 Å². The lowest BCUT2D eigenvalue weighted by Gasteiger charge is -2.30. The number of hydrogen-bond donors (Lipinski definition) is 3. The average Bonchev–Trinajstić information content (AvgIpc) is 2.84. The summed E-state index contributed by atoms with van der Waals surface area (Å²) in [6, 6.07) is -0.362. The Morgan fingerprint density at radius 3 is 2.57 bits per heavy atom. The van der Waals surface area contributed by atoms with Crippen LogP contribution in [-0.2, 0) is 4.79 Å². The molecule has 0 spiro atoms. The van der Waals surface area contributed by atoms with Crippen LogP contribution in [0.3, 0.4) is 0 Å². The van der Waals surface area contributed by atoms with Crippen molar-refractivity contribution in [3.8, 4) is 0 Å². The van der Waals surface area contributed by atoms with Crippen molar-refractivity contribution < 1.29 is 14.7 Å². The van der Waals surface area contributed by atoms with Gasteiger partial charge >= 0.3 is 12.0 Å². The number of rotatable bonds is 7. The van der Waals surface area contributed by atoms with E-state index in [0.29, 0.717) is 18.1 Å². The number of carbonyl (C=O) groups excluding carboxylic acids is 1. The van der Waals surface area contributed by atoms with E-state index < -0.39 is 5.97 Å². The van der Waals surface area contributed by atoms with E-state index >= 15 is 0 Å². The minimum Gasteiger partial charge on any atom is -0.481 e. The molecule has 0 radical (unpaired) electrons. The molecule has 21 heavy (non-hydrogen) atoms. The number of amides is 2. The SMILES string of the molecule is CC(C)(C)C(CCNC(=O)Nc1nnns1)CCC(=O)O. The smallest absolute Gasteiger partial charge is 0.321 e. The highest BCUT2D eigenvalue weighted by atomic mass is 32.1. The van der Waals surface area contributed by atoms with Crippen molar-refractivity contribution in [2.75, 3.05) is 11.9 Å². The standard InChI is InChI=1S/C12H21N5O3S/c1-12(2,3)8(4-5-9(18)19)6-7-13-10(20)14-11-15-16-17-21-11/h8H,4-7H2,1-3H3,(H,18,19)(H2,13,14,15,17,20). The quantitative estimate of drug-likeness (QED) is 0.708. The first kappa shape index (κ1) is 17.3. The average molecular weight is 315 g/mol. The molecule has 1 aromatic heterocycles. The van der Waals surface area contributed by atoms with Gasteiger partial charge in [0.1, 0.15) is 0 Å². The fourth-order valence-corrected chi connectivity index (χ4v) is 2.35. The molecule has 8 nitrogen and oxygen atoms in total. The highest BCUT2D eigenvalue weighted by Gasteiger charge is 2.24. The monoisotopic (exact) mass is 315 g/mol. The lowest BCUT2D eigenvalue weighted by molar-refractivity contribution is -0.137. The molecule has 0 aliphatic heterocycles. The van der Waals surface area contributed by atoms with Gasteiger partial charge in [-0.1, -0.05) is 30.4 Å². The third kappa shape index (κ3) is 6.98. The Morgan fingerprint density at radius 1 is 1.33 bits per heavy atom. The fraction of sp³-hybridized carbons (Fsp3) is 0.750. The van der Waals surface area contributed by atoms with Crippen LogP contribution < -0.4 is 10.6 Å². The number of aromatic nitrogens is 3. The van der Waals surface area contributed by atoms with Gasteiger partial charge in [0.05, 0.1) is 0 Å². The molecular formula is C12H21N5O3S. The van der Waals surface area contributed by atoms with Crippen molar-refractivity contribution >= 4 is 28.7 Å². The number of carboxylic acids is 1. The molecular weight excluding hydrogens is 294 g/mol. The van der Waals surface area contributed by atoms with Crippen molar-refractivity contribution in [2.24, 2.45) is 11.3 Å². The van der Waals surface area contributed by atoms with E-state index in [4.69, 9.17) is 5.11 Å². The summed E-state index contributed by atoms with van der Waals surface area (Å²) in [6.07, 6.45) is 1.46. The van der Waals surface area contributed by atoms with Gasteiger partial charge in [0.2, 0.25) is 5.13 Å². The van der Waals surface area contributed by atoms with Gasteiger partial charge in [-0.3, -0.25) is 10.1 Å². The largest absolute Gasteiger partial charge is 0.481 e. The van der Waals surface area contributed by atoms with E-state index in [-0.39, 0.29) is 23.8 Å². The number of nitrogens with zero attached hydrogens (tertiary/aromatic N) is 3. The number of hydrogen-bond acceptors (Lipinski definition) is 6. The zero-order valence-electron chi connectivity index (χ0n) is 12.4. The predicted molar refractivity (Wildman–Crippen MR) is 79.2 cm³/mol. The second kappa shape index (κ2) is 7.87. The molecule has 0 aliphatic carbocycles. The van der Waals surface area contributed by atoms with Gasteiger partial charge in [-0.05, 0) is 29.4 Å². The molecule has 2 amide bonds. The zero-order chi connectivity index (χ0) is 15.9. The van der Waals surface area contributed by atoms with Gasteiger partial charge < -0.3 is 10.4 Å². The second-order valence-electron chi connectivity index (χ2n) is 5.83. The van der Waals surface area contributed by atoms with Crippen LogP contribution >= 0.6 is 11.5 Å². The number of anilines is 1. The Bertz CT molecular complexity index is 458. The van der Waals surface area contributed by atoms with Crippen LogP contribution in [-0.4, -0.2) is 38.5 Å². The van der Waals surface area contributed by atoms with Crippen molar-refractivity contribution in [1.29, 1.82) is 0 Å². The van der Waals surface area contributed by atoms with Gasteiger partial charge in [0.15, 0.2) is 0 Å². The van der Waals surface area contributed by atoms with Crippen molar-refractivity contribution in [1.82, 2.24) is 20.1 Å². The van der Waals surface area contributed by atoms with Gasteiger partial charge in [0.25, 0.3) is 0 Å². The summed E-state index contributed by atoms with van der Waals surface area (Å²) in [6.45, 7) is 6.70. The van der Waals surface area contributed by atoms with E-state index in [1.54, 1.807) is 0 Å². The van der Waals surface area contributed by atoms with E-state index in [0.717, 1.165) is 18.0 Å². The molecule has 0 aliphatic rings. The number of carboxylic acid groups (broad SMARTS) is 1. The predicted octanol–water partition coefficient (Wildman–Crippen LogP) is 1.97. The molecule has 1 atom stereocenters. The summed E-state index contributed by atoms with van der Waals surface area (Å²) in [5.74, 6) is -0.573. The summed E-state index contributed by atoms with van der Waals surface area (Å²) in [5.41, 5.74) is -0.00322. The summed E-state index contributed by atoms with van der Waals surface area (Å²) in [5, 5.41) is 21.4. The Morgan fingerprint density at radius 2 is 2.05 bits per heavy atom. The van der Waals surface area contributed by atoms with Gasteiger partial charge in [0, 0.05) is 24.5 Å². The summed E-state index contributed by atoms with van der Waals surface area (Å²) >= 11 is 0.997. The maximum atomic E-state index is 11.6. The number of nitrogens with one attached hydrogen (secondary N) is 2. The maximum absolute atomic E-state index is 11.6. The first-order chi connectivity index (χ1) is 9.79. The van der Waals surface area contributed by atoms with Gasteiger partial charge in [-0.25, -0.2) is 4.79 Å². The van der Waals surface area contributed by atoms with Crippen LogP contribution in [0.25, 0.3) is 0 Å². The van der Waals surface area contributed by atoms with Crippen molar-refractivity contribution in [2.45, 2.75) is 40.0 Å². The molecule has 0 aromatic carbocycles. The lowest BCUT2D eigenvalue weighted by atomic mass is 9.76. The number of urea groups is 1. The zero-order valence-corrected chi connectivity index (χ0v) is 13.2. The Balaban J connectivity index is 2.35. The van der Waals surface area contributed by atoms with Crippen LogP contribution in [0.2, 0.25) is 0 Å². The first-order valence-electron chi connectivity index (χ1n) is 6.70. The number of carbonyl (C=O) groups is 2. The van der Waals surface area contributed by atoms with Gasteiger partial charge in [-0.15, -0.1) is 0 Å². The van der Waals surface area contributed by atoms with Crippen LogP contribution in [0.15, 0.2) is 0 Å². The van der Waals surface area contributed by atoms with Crippen molar-refractivity contribution in [3.05, 3.63) is 0 Å². The van der Waals surface area contributed by atoms with E-state index in [2.05, 4.69) is 46.2 Å². The second-order valence-corrected chi connectivity index (χ2v) is 6.57. The first-order valence-corrected chi connectivity index (χ1v) is 7.48. The molecule has 0 fully saturated rings.